The van der Waals surface area contributed by atoms with Crippen molar-refractivity contribution in [1.29, 1.82) is 0 Å². The van der Waals surface area contributed by atoms with Gasteiger partial charge in [-0.25, -0.2) is 0 Å². The number of halogens is 1. The SMILES string of the molecule is Cc1ccc(Br)cc1CCN(C)C(=O)CCS. The Bertz CT molecular complexity index is 395. The highest BCUT2D eigenvalue weighted by atomic mass is 79.9. The molecule has 0 atom stereocenters. The highest BCUT2D eigenvalue weighted by Crippen LogP contribution is 2.16. The Morgan fingerprint density at radius 2 is 2.18 bits per heavy atom. The van der Waals surface area contributed by atoms with Crippen LogP contribution in [0.3, 0.4) is 0 Å². The van der Waals surface area contributed by atoms with Gasteiger partial charge in [0.15, 0.2) is 0 Å². The number of amides is 1. The lowest BCUT2D eigenvalue weighted by molar-refractivity contribution is -0.129. The third-order valence-electron chi connectivity index (χ3n) is 2.78. The molecule has 0 aliphatic rings. The molecule has 0 saturated heterocycles. The number of hydrogen-bond acceptors (Lipinski definition) is 2. The van der Waals surface area contributed by atoms with Gasteiger partial charge >= 0.3 is 0 Å². The molecule has 0 radical (unpaired) electrons. The summed E-state index contributed by atoms with van der Waals surface area (Å²) < 4.78 is 1.09. The first kappa shape index (κ1) is 14.6. The minimum absolute atomic E-state index is 0.160. The predicted molar refractivity (Wildman–Crippen MR) is 78.7 cm³/mol. The third kappa shape index (κ3) is 4.72. The number of hydrogen-bond donors (Lipinski definition) is 1. The predicted octanol–water partition coefficient (Wildman–Crippen LogP) is 3.08. The van der Waals surface area contributed by atoms with E-state index >= 15 is 0 Å². The van der Waals surface area contributed by atoms with Crippen molar-refractivity contribution in [3.63, 3.8) is 0 Å². The second-order valence-electron chi connectivity index (χ2n) is 4.11. The zero-order valence-corrected chi connectivity index (χ0v) is 12.7. The van der Waals surface area contributed by atoms with Crippen molar-refractivity contribution in [3.05, 3.63) is 33.8 Å². The fraction of sp³-hybridized carbons (Fsp3) is 0.462. The van der Waals surface area contributed by atoms with Crippen molar-refractivity contribution in [2.75, 3.05) is 19.3 Å². The molecule has 0 bridgehead atoms. The normalized spacial score (nSPS) is 10.4. The van der Waals surface area contributed by atoms with Crippen LogP contribution in [0.25, 0.3) is 0 Å². The van der Waals surface area contributed by atoms with Gasteiger partial charge in [-0.2, -0.15) is 12.6 Å². The van der Waals surface area contributed by atoms with Gasteiger partial charge in [0.25, 0.3) is 0 Å². The summed E-state index contributed by atoms with van der Waals surface area (Å²) in [7, 11) is 1.85. The maximum absolute atomic E-state index is 11.6. The Kier molecular flexibility index (Phi) is 6.06. The number of benzene rings is 1. The van der Waals surface area contributed by atoms with E-state index < -0.39 is 0 Å². The summed E-state index contributed by atoms with van der Waals surface area (Å²) in [5.41, 5.74) is 2.55. The van der Waals surface area contributed by atoms with Gasteiger partial charge in [0.2, 0.25) is 5.91 Å². The fourth-order valence-electron chi connectivity index (χ4n) is 1.61. The van der Waals surface area contributed by atoms with E-state index in [1.807, 2.05) is 13.1 Å². The maximum Gasteiger partial charge on any atom is 0.223 e. The summed E-state index contributed by atoms with van der Waals surface area (Å²) in [6, 6.07) is 6.25. The first-order valence-electron chi connectivity index (χ1n) is 5.64. The molecule has 0 saturated carbocycles. The summed E-state index contributed by atoms with van der Waals surface area (Å²) in [4.78, 5) is 13.4. The topological polar surface area (TPSA) is 20.3 Å². The Labute approximate surface area is 117 Å². The number of nitrogens with zero attached hydrogens (tertiary/aromatic N) is 1. The Balaban J connectivity index is 2.55. The van der Waals surface area contributed by atoms with Gasteiger partial charge in [0.05, 0.1) is 0 Å². The Morgan fingerprint density at radius 3 is 2.82 bits per heavy atom. The molecule has 0 aliphatic heterocycles. The van der Waals surface area contributed by atoms with Crippen LogP contribution in [0.1, 0.15) is 17.5 Å². The molecule has 0 aliphatic carbocycles. The maximum atomic E-state index is 11.6. The van der Waals surface area contributed by atoms with Crippen LogP contribution in [0.5, 0.6) is 0 Å². The number of rotatable bonds is 5. The second kappa shape index (κ2) is 7.07. The van der Waals surface area contributed by atoms with Crippen LogP contribution in [0.2, 0.25) is 0 Å². The number of carbonyl (C=O) groups is 1. The summed E-state index contributed by atoms with van der Waals surface area (Å²) >= 11 is 7.54. The van der Waals surface area contributed by atoms with Gasteiger partial charge in [-0.3, -0.25) is 4.79 Å². The zero-order valence-electron chi connectivity index (χ0n) is 10.2. The quantitative estimate of drug-likeness (QED) is 0.828. The van der Waals surface area contributed by atoms with Crippen LogP contribution < -0.4 is 0 Å². The molecule has 0 fully saturated rings. The molecule has 17 heavy (non-hydrogen) atoms. The lowest BCUT2D eigenvalue weighted by Crippen LogP contribution is -2.29. The van der Waals surface area contributed by atoms with E-state index in [1.165, 1.54) is 11.1 Å². The first-order valence-corrected chi connectivity index (χ1v) is 7.07. The van der Waals surface area contributed by atoms with Crippen LogP contribution in [-0.2, 0) is 11.2 Å². The molecular formula is C13H18BrNOS. The summed E-state index contributed by atoms with van der Waals surface area (Å²) in [5.74, 6) is 0.770. The molecule has 0 N–H and O–H groups in total. The second-order valence-corrected chi connectivity index (χ2v) is 5.47. The highest BCUT2D eigenvalue weighted by Gasteiger charge is 2.08. The molecule has 0 spiro atoms. The molecule has 1 aromatic rings. The average molecular weight is 316 g/mol. The third-order valence-corrected chi connectivity index (χ3v) is 3.50. The van der Waals surface area contributed by atoms with Crippen molar-refractivity contribution >= 4 is 34.5 Å². The molecular weight excluding hydrogens is 298 g/mol. The highest BCUT2D eigenvalue weighted by molar-refractivity contribution is 9.10. The minimum Gasteiger partial charge on any atom is -0.345 e. The Morgan fingerprint density at radius 1 is 1.47 bits per heavy atom. The first-order chi connectivity index (χ1) is 8.04. The van der Waals surface area contributed by atoms with Crippen LogP contribution in [-0.4, -0.2) is 30.2 Å². The van der Waals surface area contributed by atoms with E-state index in [1.54, 1.807) is 4.90 Å². The summed E-state index contributed by atoms with van der Waals surface area (Å²) in [6.45, 7) is 2.85. The molecule has 1 rings (SSSR count). The van der Waals surface area contributed by atoms with E-state index in [-0.39, 0.29) is 5.91 Å². The fourth-order valence-corrected chi connectivity index (χ4v) is 2.21. The van der Waals surface area contributed by atoms with Crippen molar-refractivity contribution in [1.82, 2.24) is 4.90 Å². The molecule has 0 heterocycles. The van der Waals surface area contributed by atoms with Crippen molar-refractivity contribution in [3.8, 4) is 0 Å². The van der Waals surface area contributed by atoms with Crippen molar-refractivity contribution in [2.24, 2.45) is 0 Å². The van der Waals surface area contributed by atoms with Gasteiger partial charge in [0, 0.05) is 24.5 Å². The zero-order chi connectivity index (χ0) is 12.8. The van der Waals surface area contributed by atoms with Crippen LogP contribution >= 0.6 is 28.6 Å². The van der Waals surface area contributed by atoms with Gasteiger partial charge in [-0.1, -0.05) is 22.0 Å². The van der Waals surface area contributed by atoms with Gasteiger partial charge in [-0.05, 0) is 42.4 Å². The largest absolute Gasteiger partial charge is 0.345 e. The summed E-state index contributed by atoms with van der Waals surface area (Å²) in [6.07, 6.45) is 1.40. The van der Waals surface area contributed by atoms with E-state index in [4.69, 9.17) is 0 Å². The van der Waals surface area contributed by atoms with E-state index in [0.29, 0.717) is 12.2 Å². The Hall–Kier alpha value is -0.480. The van der Waals surface area contributed by atoms with Gasteiger partial charge in [-0.15, -0.1) is 0 Å². The molecule has 0 aromatic heterocycles. The lowest BCUT2D eigenvalue weighted by atomic mass is 10.1. The van der Waals surface area contributed by atoms with Crippen LogP contribution in [0.4, 0.5) is 0 Å². The molecule has 1 amide bonds. The number of aryl methyl sites for hydroxylation is 1. The van der Waals surface area contributed by atoms with Crippen LogP contribution in [0.15, 0.2) is 22.7 Å². The molecule has 0 unspecified atom stereocenters. The van der Waals surface area contributed by atoms with Crippen LogP contribution in [0, 0.1) is 6.92 Å². The van der Waals surface area contributed by atoms with Crippen molar-refractivity contribution < 1.29 is 4.79 Å². The van der Waals surface area contributed by atoms with E-state index in [0.717, 1.165) is 17.4 Å². The standard InChI is InChI=1S/C13H18BrNOS/c1-10-3-4-12(14)9-11(10)5-7-15(2)13(16)6-8-17/h3-4,9,17H,5-8H2,1-2H3. The van der Waals surface area contributed by atoms with E-state index in [2.05, 4.69) is 47.6 Å². The monoisotopic (exact) mass is 315 g/mol. The van der Waals surface area contributed by atoms with E-state index in [9.17, 15) is 4.79 Å². The number of likely N-dealkylation sites (N-methyl/N-ethyl adjacent to an activating group) is 1. The minimum atomic E-state index is 0.160. The number of carbonyl (C=O) groups excluding carboxylic acids is 1. The summed E-state index contributed by atoms with van der Waals surface area (Å²) in [5, 5.41) is 0. The molecule has 4 heteroatoms. The molecule has 1 aromatic carbocycles. The molecule has 94 valence electrons. The molecule has 2 nitrogen and oxygen atoms in total. The van der Waals surface area contributed by atoms with Gasteiger partial charge < -0.3 is 4.90 Å². The smallest absolute Gasteiger partial charge is 0.223 e. The van der Waals surface area contributed by atoms with Gasteiger partial charge in [0.1, 0.15) is 0 Å². The van der Waals surface area contributed by atoms with Crippen molar-refractivity contribution in [2.45, 2.75) is 19.8 Å². The number of thiol groups is 1. The lowest BCUT2D eigenvalue weighted by Gasteiger charge is -2.17. The average Bonchev–Trinajstić information content (AvgIpc) is 2.30.